The summed E-state index contributed by atoms with van der Waals surface area (Å²) in [5, 5.41) is 3.44. The van der Waals surface area contributed by atoms with Gasteiger partial charge in [0.1, 0.15) is 5.70 Å². The molecule has 0 spiro atoms. The van der Waals surface area contributed by atoms with E-state index in [1.807, 2.05) is 66.7 Å². The second kappa shape index (κ2) is 5.89. The predicted octanol–water partition coefficient (Wildman–Crippen LogP) is 2.94. The third kappa shape index (κ3) is 3.01. The van der Waals surface area contributed by atoms with E-state index in [-0.39, 0.29) is 5.91 Å². The summed E-state index contributed by atoms with van der Waals surface area (Å²) < 4.78 is 0. The van der Waals surface area contributed by atoms with Crippen molar-refractivity contribution in [2.75, 3.05) is 0 Å². The van der Waals surface area contributed by atoms with Crippen molar-refractivity contribution in [1.82, 2.24) is 10.2 Å². The third-order valence-corrected chi connectivity index (χ3v) is 3.58. The van der Waals surface area contributed by atoms with E-state index in [9.17, 15) is 4.79 Å². The maximum absolute atomic E-state index is 12.4. The van der Waals surface area contributed by atoms with Gasteiger partial charge < -0.3 is 5.32 Å². The number of nitrogens with zero attached hydrogens (tertiary/aromatic N) is 1. The fourth-order valence-electron chi connectivity index (χ4n) is 2.20. The van der Waals surface area contributed by atoms with Crippen molar-refractivity contribution in [2.24, 2.45) is 0 Å². The van der Waals surface area contributed by atoms with Crippen LogP contribution in [0.3, 0.4) is 0 Å². The molecule has 2 aromatic carbocycles. The largest absolute Gasteiger partial charge is 0.328 e. The second-order valence-electron chi connectivity index (χ2n) is 4.78. The summed E-state index contributed by atoms with van der Waals surface area (Å²) in [7, 11) is 0. The second-order valence-corrected chi connectivity index (χ2v) is 5.16. The maximum Gasteiger partial charge on any atom is 0.276 e. The molecule has 1 saturated heterocycles. The Morgan fingerprint density at radius 2 is 1.62 bits per heavy atom. The van der Waals surface area contributed by atoms with Crippen molar-refractivity contribution in [1.29, 1.82) is 0 Å². The lowest BCUT2D eigenvalue weighted by Crippen LogP contribution is -2.29. The molecule has 1 fully saturated rings. The molecule has 104 valence electrons. The van der Waals surface area contributed by atoms with E-state index in [4.69, 9.17) is 12.2 Å². The van der Waals surface area contributed by atoms with Crippen LogP contribution in [-0.4, -0.2) is 15.9 Å². The quantitative estimate of drug-likeness (QED) is 0.698. The summed E-state index contributed by atoms with van der Waals surface area (Å²) >= 11 is 5.26. The van der Waals surface area contributed by atoms with Crippen LogP contribution in [0, 0.1) is 0 Å². The van der Waals surface area contributed by atoms with Crippen LogP contribution in [0.5, 0.6) is 0 Å². The Bertz CT molecular complexity index is 695. The minimum atomic E-state index is -0.0901. The van der Waals surface area contributed by atoms with E-state index in [1.165, 1.54) is 0 Å². The van der Waals surface area contributed by atoms with E-state index in [2.05, 4.69) is 5.32 Å². The van der Waals surface area contributed by atoms with Gasteiger partial charge in [-0.3, -0.25) is 9.69 Å². The molecule has 0 radical (unpaired) electrons. The van der Waals surface area contributed by atoms with Crippen molar-refractivity contribution in [3.63, 3.8) is 0 Å². The standard InChI is InChI=1S/C17H14N2OS/c20-16-15(11-13-7-3-1-4-8-13)18-17(21)19(16)12-14-9-5-2-6-10-14/h1-11H,12H2,(H,18,21). The molecule has 3 nitrogen and oxygen atoms in total. The summed E-state index contributed by atoms with van der Waals surface area (Å²) in [6, 6.07) is 19.5. The fraction of sp³-hybridized carbons (Fsp3) is 0.0588. The monoisotopic (exact) mass is 294 g/mol. The van der Waals surface area contributed by atoms with Gasteiger partial charge in [-0.1, -0.05) is 60.7 Å². The molecule has 1 heterocycles. The Balaban J connectivity index is 1.81. The van der Waals surface area contributed by atoms with Gasteiger partial charge in [0.25, 0.3) is 5.91 Å². The maximum atomic E-state index is 12.4. The van der Waals surface area contributed by atoms with Crippen LogP contribution >= 0.6 is 12.2 Å². The lowest BCUT2D eigenvalue weighted by molar-refractivity contribution is -0.122. The van der Waals surface area contributed by atoms with E-state index in [0.29, 0.717) is 17.4 Å². The van der Waals surface area contributed by atoms with Crippen LogP contribution in [0.4, 0.5) is 0 Å². The average Bonchev–Trinajstić information content (AvgIpc) is 2.77. The lowest BCUT2D eigenvalue weighted by Gasteiger charge is -2.13. The molecule has 3 rings (SSSR count). The van der Waals surface area contributed by atoms with Gasteiger partial charge in [0, 0.05) is 0 Å². The molecule has 0 aromatic heterocycles. The zero-order valence-corrected chi connectivity index (χ0v) is 12.1. The third-order valence-electron chi connectivity index (χ3n) is 3.26. The first-order valence-electron chi connectivity index (χ1n) is 6.67. The first-order valence-corrected chi connectivity index (χ1v) is 7.08. The molecule has 0 atom stereocenters. The van der Waals surface area contributed by atoms with Crippen LogP contribution in [0.2, 0.25) is 0 Å². The predicted molar refractivity (Wildman–Crippen MR) is 87.1 cm³/mol. The molecule has 1 N–H and O–H groups in total. The Labute approximate surface area is 128 Å². The van der Waals surface area contributed by atoms with E-state index >= 15 is 0 Å². The summed E-state index contributed by atoms with van der Waals surface area (Å²) in [6.45, 7) is 0.484. The highest BCUT2D eigenvalue weighted by atomic mass is 32.1. The molecule has 1 amide bonds. The molecule has 0 saturated carbocycles. The number of carbonyl (C=O) groups is 1. The van der Waals surface area contributed by atoms with E-state index in [0.717, 1.165) is 11.1 Å². The molecule has 1 aliphatic heterocycles. The minimum Gasteiger partial charge on any atom is -0.328 e. The normalized spacial score (nSPS) is 16.4. The Kier molecular flexibility index (Phi) is 3.79. The average molecular weight is 294 g/mol. The van der Waals surface area contributed by atoms with Gasteiger partial charge in [-0.25, -0.2) is 0 Å². The number of hydrogen-bond donors (Lipinski definition) is 1. The summed E-state index contributed by atoms with van der Waals surface area (Å²) in [5.74, 6) is -0.0901. The molecule has 2 aromatic rings. The fourth-order valence-corrected chi connectivity index (χ4v) is 2.45. The van der Waals surface area contributed by atoms with E-state index < -0.39 is 0 Å². The van der Waals surface area contributed by atoms with Crippen molar-refractivity contribution < 1.29 is 4.79 Å². The molecule has 0 aliphatic carbocycles. The van der Waals surface area contributed by atoms with Gasteiger partial charge in [0.05, 0.1) is 6.54 Å². The van der Waals surface area contributed by atoms with Crippen molar-refractivity contribution in [3.05, 3.63) is 77.5 Å². The number of hydrogen-bond acceptors (Lipinski definition) is 2. The minimum absolute atomic E-state index is 0.0901. The van der Waals surface area contributed by atoms with Crippen molar-refractivity contribution >= 4 is 29.3 Å². The highest BCUT2D eigenvalue weighted by molar-refractivity contribution is 7.80. The molecule has 4 heteroatoms. The summed E-state index contributed by atoms with van der Waals surface area (Å²) in [4.78, 5) is 14.0. The highest BCUT2D eigenvalue weighted by Crippen LogP contribution is 2.16. The molecule has 1 aliphatic rings. The SMILES string of the molecule is O=C1C(=Cc2ccccc2)NC(=S)N1Cc1ccccc1. The Hall–Kier alpha value is -2.46. The van der Waals surface area contributed by atoms with Gasteiger partial charge in [-0.05, 0) is 29.4 Å². The lowest BCUT2D eigenvalue weighted by atomic mass is 10.2. The van der Waals surface area contributed by atoms with E-state index in [1.54, 1.807) is 4.90 Å². The van der Waals surface area contributed by atoms with Crippen LogP contribution in [0.1, 0.15) is 11.1 Å². The Morgan fingerprint density at radius 3 is 2.29 bits per heavy atom. The van der Waals surface area contributed by atoms with Gasteiger partial charge in [-0.2, -0.15) is 0 Å². The topological polar surface area (TPSA) is 32.3 Å². The number of rotatable bonds is 3. The van der Waals surface area contributed by atoms with Crippen molar-refractivity contribution in [3.8, 4) is 0 Å². The van der Waals surface area contributed by atoms with Gasteiger partial charge in [0.2, 0.25) is 0 Å². The molecular formula is C17H14N2OS. The number of carbonyl (C=O) groups excluding carboxylic acids is 1. The number of amides is 1. The highest BCUT2D eigenvalue weighted by Gasteiger charge is 2.30. The first kappa shape index (κ1) is 13.5. The smallest absolute Gasteiger partial charge is 0.276 e. The zero-order chi connectivity index (χ0) is 14.7. The first-order chi connectivity index (χ1) is 10.2. The van der Waals surface area contributed by atoms with Gasteiger partial charge in [-0.15, -0.1) is 0 Å². The number of nitrogens with one attached hydrogen (secondary N) is 1. The van der Waals surface area contributed by atoms with Crippen LogP contribution in [-0.2, 0) is 11.3 Å². The summed E-state index contributed by atoms with van der Waals surface area (Å²) in [6.07, 6.45) is 1.82. The van der Waals surface area contributed by atoms with Crippen LogP contribution in [0.15, 0.2) is 66.4 Å². The van der Waals surface area contributed by atoms with Crippen LogP contribution < -0.4 is 5.32 Å². The molecule has 21 heavy (non-hydrogen) atoms. The zero-order valence-electron chi connectivity index (χ0n) is 11.3. The molecule has 0 unspecified atom stereocenters. The Morgan fingerprint density at radius 1 is 1.00 bits per heavy atom. The van der Waals surface area contributed by atoms with Crippen molar-refractivity contribution in [2.45, 2.75) is 6.54 Å². The van der Waals surface area contributed by atoms with Crippen LogP contribution in [0.25, 0.3) is 6.08 Å². The molecule has 0 bridgehead atoms. The summed E-state index contributed by atoms with van der Waals surface area (Å²) in [5.41, 5.74) is 2.54. The number of benzene rings is 2. The van der Waals surface area contributed by atoms with Gasteiger partial charge >= 0.3 is 0 Å². The van der Waals surface area contributed by atoms with Gasteiger partial charge in [0.15, 0.2) is 5.11 Å². The molecular weight excluding hydrogens is 280 g/mol. The number of thiocarbonyl (C=S) groups is 1.